The Morgan fingerprint density at radius 2 is 1.82 bits per heavy atom. The van der Waals surface area contributed by atoms with E-state index in [0.717, 1.165) is 51.3 Å². The van der Waals surface area contributed by atoms with Crippen molar-refractivity contribution in [1.82, 2.24) is 14.2 Å². The number of aryl methyl sites for hydroxylation is 2. The highest BCUT2D eigenvalue weighted by Crippen LogP contribution is 2.24. The van der Waals surface area contributed by atoms with Crippen molar-refractivity contribution >= 4 is 44.6 Å². The smallest absolute Gasteiger partial charge is 0.282 e. The molecule has 8 heteroatoms. The van der Waals surface area contributed by atoms with Gasteiger partial charge in [-0.2, -0.15) is 9.78 Å². The number of benzene rings is 3. The second kappa shape index (κ2) is 12.2. The van der Waals surface area contributed by atoms with E-state index in [1.165, 1.54) is 4.68 Å². The van der Waals surface area contributed by atoms with E-state index in [2.05, 4.69) is 45.5 Å². The molecule has 0 saturated heterocycles. The summed E-state index contributed by atoms with van der Waals surface area (Å²) >= 11 is 9.72. The average molecular weight is 618 g/mol. The van der Waals surface area contributed by atoms with Crippen LogP contribution in [0.5, 0.6) is 5.75 Å². The van der Waals surface area contributed by atoms with E-state index in [1.54, 1.807) is 12.3 Å². The molecule has 0 amide bonds. The minimum Gasteiger partial charge on any atom is -0.489 e. The second-order valence-corrected chi connectivity index (χ2v) is 11.0. The van der Waals surface area contributed by atoms with Gasteiger partial charge < -0.3 is 9.30 Å². The maximum Gasteiger partial charge on any atom is 0.282 e. The van der Waals surface area contributed by atoms with Gasteiger partial charge in [0.15, 0.2) is 0 Å². The third kappa shape index (κ3) is 5.91. The summed E-state index contributed by atoms with van der Waals surface area (Å²) in [5.74, 6) is 1.43. The number of hydrogen-bond donors (Lipinski definition) is 0. The molecule has 2 heterocycles. The summed E-state index contributed by atoms with van der Waals surface area (Å²) < 4.78 is 10.4. The molecule has 40 heavy (non-hydrogen) atoms. The number of fused-ring (bicyclic) bond motifs is 1. The van der Waals surface area contributed by atoms with Crippen LogP contribution >= 0.6 is 27.5 Å². The molecule has 2 aromatic heterocycles. The van der Waals surface area contributed by atoms with Crippen molar-refractivity contribution < 1.29 is 4.74 Å². The fraction of sp³-hybridized carbons (Fsp3) is 0.219. The van der Waals surface area contributed by atoms with E-state index in [1.807, 2.05) is 67.6 Å². The monoisotopic (exact) mass is 616 g/mol. The predicted octanol–water partition coefficient (Wildman–Crippen LogP) is 8.02. The first kappa shape index (κ1) is 27.9. The molecule has 0 unspecified atom stereocenters. The average Bonchev–Trinajstić information content (AvgIpc) is 3.24. The summed E-state index contributed by atoms with van der Waals surface area (Å²) in [6, 6.07) is 23.3. The molecular weight excluding hydrogens is 588 g/mol. The molecule has 0 saturated carbocycles. The van der Waals surface area contributed by atoms with Gasteiger partial charge in [0.2, 0.25) is 0 Å². The number of halogens is 2. The van der Waals surface area contributed by atoms with Crippen molar-refractivity contribution in [1.29, 1.82) is 0 Å². The van der Waals surface area contributed by atoms with Gasteiger partial charge in [0, 0.05) is 44.1 Å². The lowest BCUT2D eigenvalue weighted by molar-refractivity contribution is 0.306. The van der Waals surface area contributed by atoms with E-state index in [-0.39, 0.29) is 5.56 Å². The molecule has 0 fully saturated rings. The van der Waals surface area contributed by atoms with E-state index in [0.29, 0.717) is 34.8 Å². The minimum atomic E-state index is -0.171. The van der Waals surface area contributed by atoms with Crippen LogP contribution in [0.2, 0.25) is 5.02 Å². The first-order chi connectivity index (χ1) is 19.4. The number of rotatable bonds is 9. The Morgan fingerprint density at radius 1 is 1.05 bits per heavy atom. The third-order valence-corrected chi connectivity index (χ3v) is 7.72. The first-order valence-corrected chi connectivity index (χ1v) is 14.4. The largest absolute Gasteiger partial charge is 0.489 e. The van der Waals surface area contributed by atoms with Crippen LogP contribution in [0.25, 0.3) is 16.6 Å². The van der Waals surface area contributed by atoms with Crippen LogP contribution < -0.4 is 10.3 Å². The highest BCUT2D eigenvalue weighted by Gasteiger charge is 2.13. The van der Waals surface area contributed by atoms with Gasteiger partial charge >= 0.3 is 0 Å². The Balaban J connectivity index is 1.42. The normalized spacial score (nSPS) is 11.5. The lowest BCUT2D eigenvalue weighted by Crippen LogP contribution is -2.22. The summed E-state index contributed by atoms with van der Waals surface area (Å²) in [7, 11) is 0. The van der Waals surface area contributed by atoms with Gasteiger partial charge in [0.1, 0.15) is 18.2 Å². The van der Waals surface area contributed by atoms with Crippen molar-refractivity contribution in [2.75, 3.05) is 0 Å². The van der Waals surface area contributed by atoms with E-state index in [4.69, 9.17) is 21.3 Å². The molecule has 204 valence electrons. The summed E-state index contributed by atoms with van der Waals surface area (Å²) in [6.07, 6.45) is 4.36. The number of aromatic nitrogens is 3. The lowest BCUT2D eigenvalue weighted by atomic mass is 10.2. The topological polar surface area (TPSA) is 61.4 Å². The molecule has 0 N–H and O–H groups in total. The quantitative estimate of drug-likeness (QED) is 0.157. The van der Waals surface area contributed by atoms with Gasteiger partial charge in [-0.15, -0.1) is 0 Å². The third-order valence-electron chi connectivity index (χ3n) is 6.86. The van der Waals surface area contributed by atoms with Crippen LogP contribution in [0.4, 0.5) is 0 Å². The van der Waals surface area contributed by atoms with E-state index in [9.17, 15) is 4.79 Å². The van der Waals surface area contributed by atoms with Crippen LogP contribution in [0, 0.1) is 13.8 Å². The molecular formula is C32H30BrClN4O2. The van der Waals surface area contributed by atoms with Crippen LogP contribution in [-0.4, -0.2) is 20.4 Å². The van der Waals surface area contributed by atoms with Gasteiger partial charge in [-0.3, -0.25) is 4.79 Å². The fourth-order valence-electron chi connectivity index (χ4n) is 4.71. The van der Waals surface area contributed by atoms with Gasteiger partial charge in [0.05, 0.1) is 17.1 Å². The molecule has 0 aliphatic carbocycles. The Hall–Kier alpha value is -3.68. The summed E-state index contributed by atoms with van der Waals surface area (Å²) in [4.78, 5) is 18.2. The minimum absolute atomic E-state index is 0.171. The van der Waals surface area contributed by atoms with Gasteiger partial charge in [0.25, 0.3) is 5.56 Å². The molecule has 0 radical (unpaired) electrons. The Labute approximate surface area is 247 Å². The van der Waals surface area contributed by atoms with E-state index < -0.39 is 0 Å². The molecule has 5 rings (SSSR count). The zero-order valence-electron chi connectivity index (χ0n) is 22.7. The zero-order valence-corrected chi connectivity index (χ0v) is 25.0. The van der Waals surface area contributed by atoms with E-state index >= 15 is 0 Å². The van der Waals surface area contributed by atoms with Crippen LogP contribution in [-0.2, 0) is 13.0 Å². The Morgan fingerprint density at radius 3 is 2.58 bits per heavy atom. The predicted molar refractivity (Wildman–Crippen MR) is 166 cm³/mol. The van der Waals surface area contributed by atoms with Gasteiger partial charge in [-0.1, -0.05) is 59.1 Å². The maximum absolute atomic E-state index is 13.4. The van der Waals surface area contributed by atoms with Gasteiger partial charge in [-0.05, 0) is 74.9 Å². The molecule has 5 aromatic rings. The molecule has 0 atom stereocenters. The number of nitrogens with zero attached hydrogens (tertiary/aromatic N) is 4. The molecule has 0 aliphatic heterocycles. The Kier molecular flexibility index (Phi) is 8.52. The van der Waals surface area contributed by atoms with Crippen LogP contribution in [0.3, 0.4) is 0 Å². The van der Waals surface area contributed by atoms with Crippen molar-refractivity contribution in [2.24, 2.45) is 5.10 Å². The Bertz CT molecular complexity index is 1760. The van der Waals surface area contributed by atoms with Crippen molar-refractivity contribution in [3.63, 3.8) is 0 Å². The standard InChI is InChI=1S/C32H30BrClN4O2/c1-4-5-10-31-36-30-16-11-25(33)18-28(30)32(39)38(31)35-19-24-17-21(2)37(22(24)3)26-12-14-27(15-13-26)40-20-23-8-6-7-9-29(23)34/h6-9,11-19H,4-5,10,20H2,1-3H3. The lowest BCUT2D eigenvalue weighted by Gasteiger charge is -2.12. The number of unbranched alkanes of at least 4 members (excludes halogenated alkanes) is 1. The molecule has 3 aromatic carbocycles. The zero-order chi connectivity index (χ0) is 28.2. The summed E-state index contributed by atoms with van der Waals surface area (Å²) in [6.45, 7) is 6.63. The molecule has 0 spiro atoms. The first-order valence-electron chi connectivity index (χ1n) is 13.3. The summed E-state index contributed by atoms with van der Waals surface area (Å²) in [5.41, 5.74) is 5.48. The van der Waals surface area contributed by atoms with Crippen molar-refractivity contribution in [3.05, 3.63) is 121 Å². The number of ether oxygens (including phenoxy) is 1. The van der Waals surface area contributed by atoms with Crippen molar-refractivity contribution in [3.8, 4) is 11.4 Å². The number of hydrogen-bond acceptors (Lipinski definition) is 4. The second-order valence-electron chi connectivity index (χ2n) is 9.69. The highest BCUT2D eigenvalue weighted by atomic mass is 79.9. The SMILES string of the molecule is CCCCc1nc2ccc(Br)cc2c(=O)n1N=Cc1cc(C)n(-c2ccc(OCc3ccccc3Cl)cc2)c1C. The highest BCUT2D eigenvalue weighted by molar-refractivity contribution is 9.10. The van der Waals surface area contributed by atoms with Gasteiger partial charge in [-0.25, -0.2) is 4.98 Å². The molecule has 0 bridgehead atoms. The molecule has 0 aliphatic rings. The summed E-state index contributed by atoms with van der Waals surface area (Å²) in [5, 5.41) is 5.88. The maximum atomic E-state index is 13.4. The fourth-order valence-corrected chi connectivity index (χ4v) is 5.27. The molecule has 6 nitrogen and oxygen atoms in total. The van der Waals surface area contributed by atoms with Crippen molar-refractivity contribution in [2.45, 2.75) is 46.6 Å². The van der Waals surface area contributed by atoms with Crippen LogP contribution in [0.1, 0.15) is 48.1 Å². The van der Waals surface area contributed by atoms with Crippen LogP contribution in [0.15, 0.2) is 87.2 Å².